The molecule has 78 valence electrons. The smallest absolute Gasteiger partial charge is 0.0621 e. The normalized spacial score (nSPS) is 12.8. The van der Waals surface area contributed by atoms with E-state index in [-0.39, 0.29) is 6.04 Å². The Bertz CT molecular complexity index is 283. The van der Waals surface area contributed by atoms with Crippen LogP contribution in [0.2, 0.25) is 5.02 Å². The van der Waals surface area contributed by atoms with E-state index in [0.717, 1.165) is 15.7 Å². The van der Waals surface area contributed by atoms with Crippen LogP contribution in [-0.2, 0) is 4.74 Å². The van der Waals surface area contributed by atoms with Crippen LogP contribution in [-0.4, -0.2) is 25.5 Å². The van der Waals surface area contributed by atoms with Gasteiger partial charge >= 0.3 is 0 Å². The summed E-state index contributed by atoms with van der Waals surface area (Å²) in [6.07, 6.45) is 0. The summed E-state index contributed by atoms with van der Waals surface area (Å²) in [5.41, 5.74) is 5.79. The highest BCUT2D eigenvalue weighted by Gasteiger charge is 2.04. The van der Waals surface area contributed by atoms with Crippen LogP contribution in [0, 0.1) is 0 Å². The average molecular weight is 232 g/mol. The van der Waals surface area contributed by atoms with Crippen LogP contribution in [0.4, 0.5) is 0 Å². The summed E-state index contributed by atoms with van der Waals surface area (Å²) in [7, 11) is 1.65. The summed E-state index contributed by atoms with van der Waals surface area (Å²) in [5, 5.41) is 0.780. The first-order chi connectivity index (χ1) is 6.74. The minimum absolute atomic E-state index is 0.0567. The van der Waals surface area contributed by atoms with E-state index >= 15 is 0 Å². The summed E-state index contributed by atoms with van der Waals surface area (Å²) in [4.78, 5) is 1.07. The van der Waals surface area contributed by atoms with Crippen LogP contribution in [0.25, 0.3) is 0 Å². The summed E-state index contributed by atoms with van der Waals surface area (Å²) in [6.45, 7) is 0.581. The summed E-state index contributed by atoms with van der Waals surface area (Å²) in [6, 6.07) is 7.82. The Morgan fingerprint density at radius 2 is 2.21 bits per heavy atom. The molecule has 0 aliphatic carbocycles. The summed E-state index contributed by atoms with van der Waals surface area (Å²) in [5.74, 6) is 0.817. The first-order valence-corrected chi connectivity index (χ1v) is 5.72. The lowest BCUT2D eigenvalue weighted by Gasteiger charge is -2.10. The second-order valence-electron chi connectivity index (χ2n) is 2.96. The van der Waals surface area contributed by atoms with Crippen LogP contribution >= 0.6 is 23.4 Å². The number of rotatable bonds is 5. The lowest BCUT2D eigenvalue weighted by atomic mass is 10.4. The Hall–Kier alpha value is -0.220. The molecule has 1 rings (SSSR count). The van der Waals surface area contributed by atoms with Crippen molar-refractivity contribution >= 4 is 23.4 Å². The zero-order valence-corrected chi connectivity index (χ0v) is 9.65. The quantitative estimate of drug-likeness (QED) is 0.791. The highest BCUT2D eigenvalue weighted by molar-refractivity contribution is 7.99. The van der Waals surface area contributed by atoms with Gasteiger partial charge in [-0.25, -0.2) is 0 Å². The van der Waals surface area contributed by atoms with Gasteiger partial charge in [0.15, 0.2) is 0 Å². The second-order valence-corrected chi connectivity index (χ2v) is 4.43. The van der Waals surface area contributed by atoms with Crippen molar-refractivity contribution < 1.29 is 4.74 Å². The Kier molecular flexibility index (Phi) is 5.33. The molecule has 0 fully saturated rings. The van der Waals surface area contributed by atoms with E-state index in [1.807, 2.05) is 24.3 Å². The van der Waals surface area contributed by atoms with E-state index in [9.17, 15) is 0 Å². The van der Waals surface area contributed by atoms with Gasteiger partial charge in [0.2, 0.25) is 0 Å². The highest BCUT2D eigenvalue weighted by Crippen LogP contribution is 2.26. The maximum Gasteiger partial charge on any atom is 0.0621 e. The van der Waals surface area contributed by atoms with E-state index < -0.39 is 0 Å². The maximum absolute atomic E-state index is 5.99. The molecule has 0 amide bonds. The molecule has 1 aromatic carbocycles. The fourth-order valence-electron chi connectivity index (χ4n) is 1.02. The Morgan fingerprint density at radius 1 is 1.50 bits per heavy atom. The standard InChI is InChI=1S/C10H14ClNOS/c1-13-6-8(12)7-14-10-5-3-2-4-9(10)11/h2-5,8H,6-7,12H2,1H3. The SMILES string of the molecule is COCC(N)CSc1ccccc1Cl. The van der Waals surface area contributed by atoms with Gasteiger partial charge in [-0.2, -0.15) is 0 Å². The third-order valence-corrected chi connectivity index (χ3v) is 3.37. The van der Waals surface area contributed by atoms with Crippen LogP contribution in [0.1, 0.15) is 0 Å². The monoisotopic (exact) mass is 231 g/mol. The van der Waals surface area contributed by atoms with Crippen molar-refractivity contribution in [1.82, 2.24) is 0 Å². The van der Waals surface area contributed by atoms with E-state index in [1.165, 1.54) is 0 Å². The molecule has 0 aliphatic rings. The minimum atomic E-state index is 0.0567. The molecule has 2 nitrogen and oxygen atoms in total. The lowest BCUT2D eigenvalue weighted by molar-refractivity contribution is 0.186. The van der Waals surface area contributed by atoms with Crippen molar-refractivity contribution in [3.8, 4) is 0 Å². The fourth-order valence-corrected chi connectivity index (χ4v) is 2.19. The van der Waals surface area contributed by atoms with E-state index in [0.29, 0.717) is 6.61 Å². The molecule has 0 spiro atoms. The van der Waals surface area contributed by atoms with Crippen LogP contribution in [0.5, 0.6) is 0 Å². The predicted octanol–water partition coefficient (Wildman–Crippen LogP) is 2.41. The van der Waals surface area contributed by atoms with Gasteiger partial charge in [-0.15, -0.1) is 11.8 Å². The van der Waals surface area contributed by atoms with Crippen LogP contribution in [0.15, 0.2) is 29.2 Å². The van der Waals surface area contributed by atoms with Gasteiger partial charge in [-0.3, -0.25) is 0 Å². The molecule has 1 aromatic rings. The van der Waals surface area contributed by atoms with Gasteiger partial charge in [-0.05, 0) is 12.1 Å². The number of hydrogen-bond acceptors (Lipinski definition) is 3. The van der Waals surface area contributed by atoms with Gasteiger partial charge in [0.05, 0.1) is 11.6 Å². The lowest BCUT2D eigenvalue weighted by Crippen LogP contribution is -2.28. The van der Waals surface area contributed by atoms with E-state index in [2.05, 4.69) is 0 Å². The van der Waals surface area contributed by atoms with Crippen molar-refractivity contribution in [3.63, 3.8) is 0 Å². The Balaban J connectivity index is 2.41. The topological polar surface area (TPSA) is 35.2 Å². The summed E-state index contributed by atoms with van der Waals surface area (Å²) < 4.78 is 4.95. The molecule has 0 heterocycles. The number of hydrogen-bond donors (Lipinski definition) is 1. The molecule has 14 heavy (non-hydrogen) atoms. The van der Waals surface area contributed by atoms with E-state index in [4.69, 9.17) is 22.1 Å². The molecule has 1 atom stereocenters. The molecule has 0 radical (unpaired) electrons. The Morgan fingerprint density at radius 3 is 2.86 bits per heavy atom. The fraction of sp³-hybridized carbons (Fsp3) is 0.400. The van der Waals surface area contributed by atoms with Crippen molar-refractivity contribution in [2.45, 2.75) is 10.9 Å². The Labute approximate surface area is 93.8 Å². The molecule has 0 saturated heterocycles. The maximum atomic E-state index is 5.99. The van der Waals surface area contributed by atoms with E-state index in [1.54, 1.807) is 18.9 Å². The van der Waals surface area contributed by atoms with Gasteiger partial charge in [0, 0.05) is 23.8 Å². The van der Waals surface area contributed by atoms with Crippen molar-refractivity contribution in [2.75, 3.05) is 19.5 Å². The van der Waals surface area contributed by atoms with Gasteiger partial charge in [0.1, 0.15) is 0 Å². The second kappa shape index (κ2) is 6.30. The van der Waals surface area contributed by atoms with Crippen LogP contribution < -0.4 is 5.73 Å². The molecule has 0 saturated carbocycles. The molecule has 4 heteroatoms. The number of benzene rings is 1. The minimum Gasteiger partial charge on any atom is -0.383 e. The molecule has 0 aromatic heterocycles. The number of halogens is 1. The zero-order chi connectivity index (χ0) is 10.4. The first kappa shape index (κ1) is 11.9. The summed E-state index contributed by atoms with van der Waals surface area (Å²) >= 11 is 7.65. The molecular weight excluding hydrogens is 218 g/mol. The zero-order valence-electron chi connectivity index (χ0n) is 8.07. The number of methoxy groups -OCH3 is 1. The number of thioether (sulfide) groups is 1. The highest BCUT2D eigenvalue weighted by atomic mass is 35.5. The third kappa shape index (κ3) is 3.88. The predicted molar refractivity (Wildman–Crippen MR) is 62.0 cm³/mol. The van der Waals surface area contributed by atoms with Gasteiger partial charge in [0.25, 0.3) is 0 Å². The van der Waals surface area contributed by atoms with Gasteiger partial charge < -0.3 is 10.5 Å². The molecule has 0 bridgehead atoms. The molecular formula is C10H14ClNOS. The molecule has 0 aliphatic heterocycles. The average Bonchev–Trinajstić information content (AvgIpc) is 2.17. The third-order valence-electron chi connectivity index (χ3n) is 1.67. The number of ether oxygens (including phenoxy) is 1. The van der Waals surface area contributed by atoms with Crippen molar-refractivity contribution in [2.24, 2.45) is 5.73 Å². The van der Waals surface area contributed by atoms with Gasteiger partial charge in [-0.1, -0.05) is 23.7 Å². The first-order valence-electron chi connectivity index (χ1n) is 4.36. The molecule has 1 unspecified atom stereocenters. The van der Waals surface area contributed by atoms with Crippen molar-refractivity contribution in [3.05, 3.63) is 29.3 Å². The molecule has 2 N–H and O–H groups in total. The largest absolute Gasteiger partial charge is 0.383 e. The number of nitrogens with two attached hydrogens (primary N) is 1. The van der Waals surface area contributed by atoms with Crippen LogP contribution in [0.3, 0.4) is 0 Å². The van der Waals surface area contributed by atoms with Crippen molar-refractivity contribution in [1.29, 1.82) is 0 Å².